The lowest BCUT2D eigenvalue weighted by atomic mass is 9.64. The Labute approximate surface area is 139 Å². The molecule has 2 rings (SSSR count). The second-order valence-electron chi connectivity index (χ2n) is 7.46. The first-order chi connectivity index (χ1) is 10.7. The molecule has 1 aliphatic heterocycles. The molecule has 7 heteroatoms. The number of likely N-dealkylation sites (tertiary alicyclic amines) is 1. The van der Waals surface area contributed by atoms with Crippen LogP contribution in [0.15, 0.2) is 0 Å². The summed E-state index contributed by atoms with van der Waals surface area (Å²) >= 11 is 0. The fourth-order valence-corrected chi connectivity index (χ4v) is 4.27. The van der Waals surface area contributed by atoms with E-state index in [1.807, 2.05) is 0 Å². The molecule has 2 aliphatic rings. The lowest BCUT2D eigenvalue weighted by Crippen LogP contribution is -2.63. The fraction of sp³-hybridized carbons (Fsp3) is 0.938. The molecular weight excluding hydrogens is 316 g/mol. The highest BCUT2D eigenvalue weighted by atomic mass is 32.2. The minimum Gasteiger partial charge on any atom is -0.378 e. The Kier molecular flexibility index (Phi) is 5.61. The van der Waals surface area contributed by atoms with Gasteiger partial charge in [0.15, 0.2) is 9.84 Å². The molecule has 1 N–H and O–H groups in total. The third kappa shape index (κ3) is 4.18. The summed E-state index contributed by atoms with van der Waals surface area (Å²) < 4.78 is 29.1. The Morgan fingerprint density at radius 3 is 2.61 bits per heavy atom. The van der Waals surface area contributed by atoms with E-state index in [1.54, 1.807) is 4.90 Å². The number of nitrogens with zero attached hydrogens (tertiary/aromatic N) is 1. The number of unbranched alkanes of at least 4 members (excludes halogenated alkanes) is 1. The summed E-state index contributed by atoms with van der Waals surface area (Å²) in [5.41, 5.74) is -0.0840. The molecule has 1 saturated carbocycles. The normalized spacial score (nSPS) is 30.1. The fourth-order valence-electron chi connectivity index (χ4n) is 3.29. The summed E-state index contributed by atoms with van der Waals surface area (Å²) in [7, 11) is -3.08. The van der Waals surface area contributed by atoms with Gasteiger partial charge in [0, 0.05) is 37.4 Å². The van der Waals surface area contributed by atoms with E-state index < -0.39 is 15.1 Å². The van der Waals surface area contributed by atoms with Crippen LogP contribution in [0.1, 0.15) is 46.5 Å². The summed E-state index contributed by atoms with van der Waals surface area (Å²) in [6.07, 6.45) is 4.96. The average molecular weight is 346 g/mol. The van der Waals surface area contributed by atoms with Crippen LogP contribution in [-0.4, -0.2) is 62.7 Å². The van der Waals surface area contributed by atoms with Crippen molar-refractivity contribution in [3.63, 3.8) is 0 Å². The van der Waals surface area contributed by atoms with Gasteiger partial charge in [0.1, 0.15) is 0 Å². The van der Waals surface area contributed by atoms with E-state index in [0.717, 1.165) is 25.9 Å². The third-order valence-electron chi connectivity index (χ3n) is 5.33. The second-order valence-corrected chi connectivity index (χ2v) is 9.78. The summed E-state index contributed by atoms with van der Waals surface area (Å²) in [6.45, 7) is 7.94. The van der Waals surface area contributed by atoms with Crippen LogP contribution in [0.3, 0.4) is 0 Å². The molecule has 1 aliphatic carbocycles. The first kappa shape index (κ1) is 18.5. The minimum atomic E-state index is -3.08. The van der Waals surface area contributed by atoms with Gasteiger partial charge in [0.25, 0.3) is 0 Å². The van der Waals surface area contributed by atoms with Crippen molar-refractivity contribution in [3.8, 4) is 0 Å². The van der Waals surface area contributed by atoms with E-state index in [1.165, 1.54) is 6.26 Å². The average Bonchev–Trinajstić information content (AvgIpc) is 2.95. The van der Waals surface area contributed by atoms with Gasteiger partial charge in [0.2, 0.25) is 0 Å². The summed E-state index contributed by atoms with van der Waals surface area (Å²) in [5.74, 6) is 0. The summed E-state index contributed by atoms with van der Waals surface area (Å²) in [5, 5.41) is 2.63. The second kappa shape index (κ2) is 6.97. The molecule has 2 amide bonds. The maximum atomic E-state index is 12.4. The highest BCUT2D eigenvalue weighted by molar-refractivity contribution is 7.91. The Morgan fingerprint density at radius 2 is 2.09 bits per heavy atom. The zero-order valence-corrected chi connectivity index (χ0v) is 15.5. The van der Waals surface area contributed by atoms with Gasteiger partial charge in [-0.2, -0.15) is 0 Å². The SMILES string of the molecule is CCCCO[C@@H]1C[C@H](NC(=O)N2CC[C@H](S(C)(=O)=O)C2)C1(C)C. The molecule has 0 unspecified atom stereocenters. The third-order valence-corrected chi connectivity index (χ3v) is 6.93. The molecule has 0 aromatic rings. The summed E-state index contributed by atoms with van der Waals surface area (Å²) in [6, 6.07) is -0.0693. The topological polar surface area (TPSA) is 75.7 Å². The maximum Gasteiger partial charge on any atom is 0.317 e. The van der Waals surface area contributed by atoms with E-state index in [9.17, 15) is 13.2 Å². The number of carbonyl (C=O) groups excluding carboxylic acids is 1. The van der Waals surface area contributed by atoms with Crippen molar-refractivity contribution in [2.24, 2.45) is 5.41 Å². The lowest BCUT2D eigenvalue weighted by Gasteiger charge is -2.51. The van der Waals surface area contributed by atoms with Crippen molar-refractivity contribution in [3.05, 3.63) is 0 Å². The number of urea groups is 1. The molecule has 23 heavy (non-hydrogen) atoms. The molecule has 0 spiro atoms. The van der Waals surface area contributed by atoms with Crippen molar-refractivity contribution in [2.75, 3.05) is 26.0 Å². The predicted octanol–water partition coefficient (Wildman–Crippen LogP) is 1.80. The van der Waals surface area contributed by atoms with Crippen LogP contribution in [0.4, 0.5) is 4.79 Å². The van der Waals surface area contributed by atoms with Crippen LogP contribution in [0.2, 0.25) is 0 Å². The van der Waals surface area contributed by atoms with E-state index in [0.29, 0.717) is 19.5 Å². The van der Waals surface area contributed by atoms with Gasteiger partial charge in [-0.15, -0.1) is 0 Å². The number of carbonyl (C=O) groups is 1. The minimum absolute atomic E-state index is 0.0823. The van der Waals surface area contributed by atoms with Crippen LogP contribution < -0.4 is 5.32 Å². The van der Waals surface area contributed by atoms with Crippen LogP contribution in [-0.2, 0) is 14.6 Å². The first-order valence-electron chi connectivity index (χ1n) is 8.52. The zero-order valence-electron chi connectivity index (χ0n) is 14.7. The van der Waals surface area contributed by atoms with Gasteiger partial charge >= 0.3 is 6.03 Å². The number of hydrogen-bond acceptors (Lipinski definition) is 4. The lowest BCUT2D eigenvalue weighted by molar-refractivity contribution is -0.115. The molecule has 1 heterocycles. The zero-order chi connectivity index (χ0) is 17.3. The van der Waals surface area contributed by atoms with Crippen molar-refractivity contribution in [1.82, 2.24) is 10.2 Å². The number of rotatable bonds is 6. The molecule has 0 bridgehead atoms. The molecule has 0 radical (unpaired) electrons. The van der Waals surface area contributed by atoms with Gasteiger partial charge in [-0.1, -0.05) is 27.2 Å². The number of hydrogen-bond donors (Lipinski definition) is 1. The molecule has 0 aromatic carbocycles. The molecule has 1 saturated heterocycles. The van der Waals surface area contributed by atoms with Crippen molar-refractivity contribution >= 4 is 15.9 Å². The Bertz CT molecular complexity index is 532. The van der Waals surface area contributed by atoms with E-state index >= 15 is 0 Å². The largest absolute Gasteiger partial charge is 0.378 e. The van der Waals surface area contributed by atoms with Gasteiger partial charge in [-0.25, -0.2) is 13.2 Å². The van der Waals surface area contributed by atoms with Crippen molar-refractivity contribution < 1.29 is 17.9 Å². The highest BCUT2D eigenvalue weighted by Crippen LogP contribution is 2.43. The first-order valence-corrected chi connectivity index (χ1v) is 10.5. The van der Waals surface area contributed by atoms with Crippen LogP contribution in [0, 0.1) is 5.41 Å². The quantitative estimate of drug-likeness (QED) is 0.744. The van der Waals surface area contributed by atoms with Gasteiger partial charge < -0.3 is 15.0 Å². The van der Waals surface area contributed by atoms with Gasteiger partial charge in [0.05, 0.1) is 11.4 Å². The number of nitrogens with one attached hydrogen (secondary N) is 1. The molecular formula is C16H30N2O4S. The number of amides is 2. The Balaban J connectivity index is 1.81. The highest BCUT2D eigenvalue weighted by Gasteiger charge is 2.50. The van der Waals surface area contributed by atoms with Gasteiger partial charge in [-0.3, -0.25) is 0 Å². The van der Waals surface area contributed by atoms with E-state index in [4.69, 9.17) is 4.74 Å². The predicted molar refractivity (Wildman–Crippen MR) is 90.2 cm³/mol. The molecule has 6 nitrogen and oxygen atoms in total. The van der Waals surface area contributed by atoms with Crippen LogP contribution >= 0.6 is 0 Å². The van der Waals surface area contributed by atoms with Crippen molar-refractivity contribution in [2.45, 2.75) is 63.9 Å². The number of ether oxygens (including phenoxy) is 1. The Hall–Kier alpha value is -0.820. The van der Waals surface area contributed by atoms with E-state index in [2.05, 4.69) is 26.1 Å². The molecule has 134 valence electrons. The van der Waals surface area contributed by atoms with Crippen LogP contribution in [0.25, 0.3) is 0 Å². The Morgan fingerprint density at radius 1 is 1.39 bits per heavy atom. The maximum absolute atomic E-state index is 12.4. The van der Waals surface area contributed by atoms with Crippen LogP contribution in [0.5, 0.6) is 0 Å². The summed E-state index contributed by atoms with van der Waals surface area (Å²) in [4.78, 5) is 14.0. The molecule has 0 aromatic heterocycles. The van der Waals surface area contributed by atoms with Crippen molar-refractivity contribution in [1.29, 1.82) is 0 Å². The molecule has 3 atom stereocenters. The van der Waals surface area contributed by atoms with E-state index in [-0.39, 0.29) is 23.6 Å². The monoisotopic (exact) mass is 346 g/mol. The standard InChI is InChI=1S/C16H30N2O4S/c1-5-6-9-22-14-10-13(16(14,2)3)17-15(19)18-8-7-12(11-18)23(4,20)21/h12-14H,5-11H2,1-4H3,(H,17,19)/t12-,13-,14+/m0/s1. The molecule has 2 fully saturated rings. The smallest absolute Gasteiger partial charge is 0.317 e. The van der Waals surface area contributed by atoms with Gasteiger partial charge in [-0.05, 0) is 19.3 Å². The number of sulfone groups is 1.